The van der Waals surface area contributed by atoms with E-state index in [1.54, 1.807) is 13.2 Å². The molecule has 3 N–H and O–H groups in total. The first kappa shape index (κ1) is 11.1. The van der Waals surface area contributed by atoms with Crippen molar-refractivity contribution in [3.63, 3.8) is 0 Å². The van der Waals surface area contributed by atoms with Crippen LogP contribution >= 0.6 is 11.6 Å². The molecule has 14 heavy (non-hydrogen) atoms. The van der Waals surface area contributed by atoms with Crippen molar-refractivity contribution in [1.29, 1.82) is 0 Å². The zero-order valence-electron chi connectivity index (χ0n) is 8.22. The normalized spacial score (nSPS) is 10.1. The largest absolute Gasteiger partial charge is 0.397 e. The molecular weight excluding hydrogens is 200 g/mol. The van der Waals surface area contributed by atoms with Crippen LogP contribution < -0.4 is 11.1 Å². The van der Waals surface area contributed by atoms with Gasteiger partial charge in [-0.05, 0) is 24.6 Å². The summed E-state index contributed by atoms with van der Waals surface area (Å²) >= 11 is 5.77. The van der Waals surface area contributed by atoms with Crippen molar-refractivity contribution in [2.75, 3.05) is 31.3 Å². The van der Waals surface area contributed by atoms with Crippen molar-refractivity contribution >= 4 is 23.0 Å². The fourth-order valence-corrected chi connectivity index (χ4v) is 1.31. The van der Waals surface area contributed by atoms with Crippen molar-refractivity contribution in [2.24, 2.45) is 0 Å². The predicted molar refractivity (Wildman–Crippen MR) is 60.8 cm³/mol. The summed E-state index contributed by atoms with van der Waals surface area (Å²) in [7, 11) is 1.69. The van der Waals surface area contributed by atoms with E-state index in [4.69, 9.17) is 22.1 Å². The van der Waals surface area contributed by atoms with Gasteiger partial charge in [-0.15, -0.1) is 0 Å². The molecule has 1 aromatic carbocycles. The second-order valence-electron chi connectivity index (χ2n) is 3.00. The van der Waals surface area contributed by atoms with Gasteiger partial charge in [0.1, 0.15) is 0 Å². The van der Waals surface area contributed by atoms with Crippen LogP contribution in [0.4, 0.5) is 11.4 Å². The zero-order valence-corrected chi connectivity index (χ0v) is 8.97. The van der Waals surface area contributed by atoms with Gasteiger partial charge in [0, 0.05) is 25.3 Å². The lowest BCUT2D eigenvalue weighted by molar-refractivity contribution is 0.198. The summed E-state index contributed by atoms with van der Waals surface area (Å²) in [5.41, 5.74) is 7.36. The molecule has 0 heterocycles. The predicted octanol–water partition coefficient (Wildman–Crippen LogP) is 2.37. The Morgan fingerprint density at radius 1 is 1.50 bits per heavy atom. The van der Waals surface area contributed by atoms with E-state index in [9.17, 15) is 0 Å². The molecule has 0 aliphatic rings. The number of hydrogen-bond donors (Lipinski definition) is 2. The molecule has 0 spiro atoms. The molecule has 0 aliphatic heterocycles. The molecule has 0 saturated heterocycles. The van der Waals surface area contributed by atoms with Crippen LogP contribution in [0.15, 0.2) is 18.2 Å². The number of rotatable bonds is 5. The van der Waals surface area contributed by atoms with Crippen molar-refractivity contribution in [1.82, 2.24) is 0 Å². The van der Waals surface area contributed by atoms with Crippen LogP contribution in [-0.2, 0) is 4.74 Å². The molecule has 0 unspecified atom stereocenters. The maximum Gasteiger partial charge on any atom is 0.0574 e. The van der Waals surface area contributed by atoms with Crippen LogP contribution in [0.1, 0.15) is 6.42 Å². The quantitative estimate of drug-likeness (QED) is 0.585. The first-order valence-electron chi connectivity index (χ1n) is 4.52. The van der Waals surface area contributed by atoms with Crippen molar-refractivity contribution < 1.29 is 4.74 Å². The van der Waals surface area contributed by atoms with Gasteiger partial charge in [-0.1, -0.05) is 11.6 Å². The van der Waals surface area contributed by atoms with Crippen LogP contribution in [0.25, 0.3) is 0 Å². The summed E-state index contributed by atoms with van der Waals surface area (Å²) in [6.45, 7) is 1.60. The van der Waals surface area contributed by atoms with Crippen LogP contribution in [0, 0.1) is 0 Å². The third kappa shape index (κ3) is 3.44. The molecule has 0 aromatic heterocycles. The minimum absolute atomic E-state index is 0.657. The Balaban J connectivity index is 2.42. The summed E-state index contributed by atoms with van der Waals surface area (Å²) in [5.74, 6) is 0. The van der Waals surface area contributed by atoms with Crippen LogP contribution in [-0.4, -0.2) is 20.3 Å². The Labute approximate surface area is 89.2 Å². The third-order valence-corrected chi connectivity index (χ3v) is 2.09. The Kier molecular flexibility index (Phi) is 4.56. The number of benzene rings is 1. The second kappa shape index (κ2) is 5.73. The van der Waals surface area contributed by atoms with Crippen LogP contribution in [0.2, 0.25) is 5.02 Å². The fourth-order valence-electron chi connectivity index (χ4n) is 1.13. The molecule has 0 fully saturated rings. The zero-order chi connectivity index (χ0) is 10.4. The van der Waals surface area contributed by atoms with Gasteiger partial charge in [-0.3, -0.25) is 0 Å². The fraction of sp³-hybridized carbons (Fsp3) is 0.400. The maximum absolute atomic E-state index is 5.77. The monoisotopic (exact) mass is 214 g/mol. The van der Waals surface area contributed by atoms with Gasteiger partial charge in [0.25, 0.3) is 0 Å². The number of anilines is 2. The number of methoxy groups -OCH3 is 1. The number of ether oxygens (including phenoxy) is 1. The van der Waals surface area contributed by atoms with E-state index in [0.717, 1.165) is 25.3 Å². The number of halogens is 1. The second-order valence-corrected chi connectivity index (χ2v) is 3.44. The van der Waals surface area contributed by atoms with Crippen LogP contribution in [0.5, 0.6) is 0 Å². The molecule has 0 radical (unpaired) electrons. The van der Waals surface area contributed by atoms with E-state index in [1.807, 2.05) is 12.1 Å². The molecule has 78 valence electrons. The molecule has 0 saturated carbocycles. The Bertz CT molecular complexity index is 291. The molecule has 0 bridgehead atoms. The van der Waals surface area contributed by atoms with Crippen molar-refractivity contribution in [2.45, 2.75) is 6.42 Å². The summed E-state index contributed by atoms with van der Waals surface area (Å²) in [6.07, 6.45) is 0.957. The highest BCUT2D eigenvalue weighted by atomic mass is 35.5. The maximum atomic E-state index is 5.77. The van der Waals surface area contributed by atoms with E-state index in [2.05, 4.69) is 5.32 Å². The van der Waals surface area contributed by atoms with Gasteiger partial charge in [0.15, 0.2) is 0 Å². The van der Waals surface area contributed by atoms with E-state index >= 15 is 0 Å². The Hall–Kier alpha value is -0.930. The van der Waals surface area contributed by atoms with Crippen LogP contribution in [0.3, 0.4) is 0 Å². The lowest BCUT2D eigenvalue weighted by Gasteiger charge is -2.08. The smallest absolute Gasteiger partial charge is 0.0574 e. The van der Waals surface area contributed by atoms with Gasteiger partial charge in [0.05, 0.1) is 11.4 Å². The van der Waals surface area contributed by atoms with Gasteiger partial charge in [-0.25, -0.2) is 0 Å². The number of nitrogens with one attached hydrogen (secondary N) is 1. The Morgan fingerprint density at radius 2 is 2.29 bits per heavy atom. The first-order valence-corrected chi connectivity index (χ1v) is 4.89. The van der Waals surface area contributed by atoms with Crippen molar-refractivity contribution in [3.8, 4) is 0 Å². The summed E-state index contributed by atoms with van der Waals surface area (Å²) in [6, 6.07) is 5.43. The Morgan fingerprint density at radius 3 is 2.93 bits per heavy atom. The molecule has 0 atom stereocenters. The SMILES string of the molecule is COCCCNc1ccc(Cl)cc1N. The highest BCUT2D eigenvalue weighted by Crippen LogP contribution is 2.22. The topological polar surface area (TPSA) is 47.3 Å². The van der Waals surface area contributed by atoms with E-state index in [1.165, 1.54) is 0 Å². The molecule has 4 heteroatoms. The number of hydrogen-bond acceptors (Lipinski definition) is 3. The summed E-state index contributed by atoms with van der Waals surface area (Å²) in [5, 5.41) is 3.87. The van der Waals surface area contributed by atoms with E-state index in [0.29, 0.717) is 10.7 Å². The highest BCUT2D eigenvalue weighted by Gasteiger charge is 1.98. The van der Waals surface area contributed by atoms with E-state index < -0.39 is 0 Å². The molecule has 3 nitrogen and oxygen atoms in total. The third-order valence-electron chi connectivity index (χ3n) is 1.85. The standard InChI is InChI=1S/C10H15ClN2O/c1-14-6-2-5-13-10-4-3-8(11)7-9(10)12/h3-4,7,13H,2,5-6,12H2,1H3. The number of nitrogens with two attached hydrogens (primary N) is 1. The minimum Gasteiger partial charge on any atom is -0.397 e. The molecule has 1 aromatic rings. The molecule has 0 amide bonds. The van der Waals surface area contributed by atoms with Crippen molar-refractivity contribution in [3.05, 3.63) is 23.2 Å². The first-order chi connectivity index (χ1) is 6.74. The average molecular weight is 215 g/mol. The summed E-state index contributed by atoms with van der Waals surface area (Å²) < 4.78 is 4.94. The number of nitrogen functional groups attached to an aromatic ring is 1. The lowest BCUT2D eigenvalue weighted by Crippen LogP contribution is -2.06. The van der Waals surface area contributed by atoms with Gasteiger partial charge in [0.2, 0.25) is 0 Å². The van der Waals surface area contributed by atoms with Gasteiger partial charge < -0.3 is 15.8 Å². The summed E-state index contributed by atoms with van der Waals surface area (Å²) in [4.78, 5) is 0. The molecule has 1 rings (SSSR count). The molecular formula is C10H15ClN2O. The molecule has 0 aliphatic carbocycles. The minimum atomic E-state index is 0.657. The van der Waals surface area contributed by atoms with E-state index in [-0.39, 0.29) is 0 Å². The van der Waals surface area contributed by atoms with Gasteiger partial charge >= 0.3 is 0 Å². The average Bonchev–Trinajstić information content (AvgIpc) is 2.15. The van der Waals surface area contributed by atoms with Gasteiger partial charge in [-0.2, -0.15) is 0 Å². The lowest BCUT2D eigenvalue weighted by atomic mass is 10.2. The highest BCUT2D eigenvalue weighted by molar-refractivity contribution is 6.31.